The minimum atomic E-state index is -3.11. The van der Waals surface area contributed by atoms with Gasteiger partial charge in [-0.3, -0.25) is 4.57 Å². The monoisotopic (exact) mass is 195 g/mol. The Morgan fingerprint density at radius 1 is 1.58 bits per heavy atom. The summed E-state index contributed by atoms with van der Waals surface area (Å²) >= 11 is 0. The molecule has 0 aromatic rings. The lowest BCUT2D eigenvalue weighted by molar-refractivity contribution is 0.202. The van der Waals surface area contributed by atoms with Gasteiger partial charge in [0.25, 0.3) is 0 Å². The van der Waals surface area contributed by atoms with Gasteiger partial charge in [0, 0.05) is 12.7 Å². The fourth-order valence-corrected chi connectivity index (χ4v) is 2.70. The molecule has 0 aromatic heterocycles. The zero-order chi connectivity index (χ0) is 9.61. The fourth-order valence-electron chi connectivity index (χ4n) is 0.900. The number of rotatable bonds is 6. The zero-order valence-corrected chi connectivity index (χ0v) is 8.33. The minimum Gasteiger partial charge on any atom is -0.391 e. The van der Waals surface area contributed by atoms with Crippen molar-refractivity contribution < 1.29 is 14.6 Å². The molecule has 12 heavy (non-hydrogen) atoms. The van der Waals surface area contributed by atoms with Crippen LogP contribution in [0.25, 0.3) is 0 Å². The second-order valence-electron chi connectivity index (χ2n) is 3.00. The Bertz CT molecular complexity index is 163. The molecule has 0 radical (unpaired) electrons. The smallest absolute Gasteiger partial charge is 0.203 e. The van der Waals surface area contributed by atoms with Crippen molar-refractivity contribution in [3.05, 3.63) is 0 Å². The van der Waals surface area contributed by atoms with Gasteiger partial charge in [-0.15, -0.1) is 0 Å². The number of aliphatic hydroxyl groups excluding tert-OH is 1. The van der Waals surface area contributed by atoms with Crippen LogP contribution in [0.15, 0.2) is 0 Å². The maximum absolute atomic E-state index is 11.3. The average Bonchev–Trinajstić information content (AvgIpc) is 2.00. The van der Waals surface area contributed by atoms with Crippen LogP contribution in [0.3, 0.4) is 0 Å². The van der Waals surface area contributed by atoms with Crippen molar-refractivity contribution in [1.82, 2.24) is 0 Å². The molecule has 0 saturated heterocycles. The number of nitrogens with two attached hydrogens (primary N) is 1. The fraction of sp³-hybridized carbons (Fsp3) is 1.00. The molecule has 0 aliphatic rings. The summed E-state index contributed by atoms with van der Waals surface area (Å²) in [6, 6.07) is 0. The Morgan fingerprint density at radius 3 is 2.58 bits per heavy atom. The maximum Gasteiger partial charge on any atom is 0.203 e. The van der Waals surface area contributed by atoms with Crippen LogP contribution in [0.4, 0.5) is 0 Å². The second-order valence-corrected chi connectivity index (χ2v) is 5.50. The van der Waals surface area contributed by atoms with Crippen LogP contribution in [0.1, 0.15) is 19.8 Å². The minimum absolute atomic E-state index is 0.0523. The summed E-state index contributed by atoms with van der Waals surface area (Å²) in [5, 5.41) is 9.04. The van der Waals surface area contributed by atoms with E-state index in [4.69, 9.17) is 10.8 Å². The van der Waals surface area contributed by atoms with E-state index in [2.05, 4.69) is 0 Å². The van der Waals surface area contributed by atoms with Crippen LogP contribution in [0, 0.1) is 0 Å². The molecule has 2 atom stereocenters. The first-order valence-electron chi connectivity index (χ1n) is 4.21. The summed E-state index contributed by atoms with van der Waals surface area (Å²) in [5.74, 6) is 0. The van der Waals surface area contributed by atoms with Crippen molar-refractivity contribution in [2.75, 3.05) is 18.9 Å². The molecule has 0 rings (SSSR count). The molecule has 0 aliphatic heterocycles. The van der Waals surface area contributed by atoms with Crippen molar-refractivity contribution in [1.29, 1.82) is 0 Å². The number of aliphatic hydroxyl groups is 1. The highest BCUT2D eigenvalue weighted by Gasteiger charge is 2.20. The maximum atomic E-state index is 11.3. The molecule has 0 aliphatic carbocycles. The molecular formula is C7H18NO3P. The van der Waals surface area contributed by atoms with Crippen LogP contribution in [0.5, 0.6) is 0 Å². The van der Waals surface area contributed by atoms with Crippen molar-refractivity contribution in [2.24, 2.45) is 5.73 Å². The number of hydrogen-bond donors (Lipinski definition) is 3. The lowest BCUT2D eigenvalue weighted by Crippen LogP contribution is -2.24. The molecule has 1 unspecified atom stereocenters. The Hall–Kier alpha value is 0.110. The first kappa shape index (κ1) is 12.1. The van der Waals surface area contributed by atoms with Crippen molar-refractivity contribution >= 4 is 7.37 Å². The highest BCUT2D eigenvalue weighted by atomic mass is 31.2. The van der Waals surface area contributed by atoms with Crippen molar-refractivity contribution in [2.45, 2.75) is 25.9 Å². The molecule has 0 bridgehead atoms. The average molecular weight is 195 g/mol. The van der Waals surface area contributed by atoms with Gasteiger partial charge in [0.2, 0.25) is 7.37 Å². The van der Waals surface area contributed by atoms with E-state index in [1.807, 2.05) is 6.92 Å². The molecule has 4 nitrogen and oxygen atoms in total. The predicted octanol–water partition coefficient (Wildman–Crippen LogP) is 0.377. The molecule has 0 aromatic carbocycles. The Kier molecular flexibility index (Phi) is 5.76. The van der Waals surface area contributed by atoms with Crippen LogP contribution >= 0.6 is 7.37 Å². The standard InChI is InChI=1S/C7H18NO3P/c1-2-3-4-12(10,11)6-7(9)5-8/h7,9H,2-6,8H2,1H3,(H,10,11)/t7-/m0/s1. The lowest BCUT2D eigenvalue weighted by Gasteiger charge is -2.13. The van der Waals surface area contributed by atoms with E-state index in [1.165, 1.54) is 0 Å². The molecule has 0 spiro atoms. The van der Waals surface area contributed by atoms with E-state index in [-0.39, 0.29) is 12.7 Å². The summed E-state index contributed by atoms with van der Waals surface area (Å²) in [5.41, 5.74) is 5.13. The van der Waals surface area contributed by atoms with Gasteiger partial charge in [-0.1, -0.05) is 13.3 Å². The Labute approximate surface area is 73.2 Å². The Balaban J connectivity index is 3.78. The van der Waals surface area contributed by atoms with E-state index in [9.17, 15) is 9.46 Å². The summed E-state index contributed by atoms with van der Waals surface area (Å²) in [7, 11) is -3.11. The van der Waals surface area contributed by atoms with Crippen LogP contribution < -0.4 is 5.73 Å². The van der Waals surface area contributed by atoms with Crippen LogP contribution in [-0.4, -0.2) is 35.0 Å². The molecular weight excluding hydrogens is 177 g/mol. The third kappa shape index (κ3) is 5.72. The van der Waals surface area contributed by atoms with E-state index in [1.54, 1.807) is 0 Å². The quantitative estimate of drug-likeness (QED) is 0.535. The van der Waals surface area contributed by atoms with Gasteiger partial charge in [-0.25, -0.2) is 0 Å². The van der Waals surface area contributed by atoms with E-state index >= 15 is 0 Å². The van der Waals surface area contributed by atoms with Crippen molar-refractivity contribution in [3.63, 3.8) is 0 Å². The normalized spacial score (nSPS) is 18.7. The highest BCUT2D eigenvalue weighted by Crippen LogP contribution is 2.41. The third-order valence-electron chi connectivity index (χ3n) is 1.63. The highest BCUT2D eigenvalue weighted by molar-refractivity contribution is 7.58. The second kappa shape index (κ2) is 5.70. The first-order valence-corrected chi connectivity index (χ1v) is 6.24. The van der Waals surface area contributed by atoms with Crippen LogP contribution in [0.2, 0.25) is 0 Å². The summed E-state index contributed by atoms with van der Waals surface area (Å²) < 4.78 is 11.3. The molecule has 74 valence electrons. The van der Waals surface area contributed by atoms with Gasteiger partial charge in [0.1, 0.15) is 0 Å². The largest absolute Gasteiger partial charge is 0.391 e. The molecule has 4 N–H and O–H groups in total. The van der Waals surface area contributed by atoms with Gasteiger partial charge in [-0.2, -0.15) is 0 Å². The van der Waals surface area contributed by atoms with Gasteiger partial charge >= 0.3 is 0 Å². The summed E-state index contributed by atoms with van der Waals surface area (Å²) in [6.07, 6.45) is 1.01. The number of unbranched alkanes of at least 4 members (excludes halogenated alkanes) is 1. The van der Waals surface area contributed by atoms with Gasteiger partial charge in [-0.05, 0) is 6.42 Å². The third-order valence-corrected chi connectivity index (χ3v) is 3.64. The first-order chi connectivity index (χ1) is 5.52. The lowest BCUT2D eigenvalue weighted by atomic mass is 10.4. The molecule has 0 fully saturated rings. The molecule has 0 saturated carbocycles. The predicted molar refractivity (Wildman–Crippen MR) is 49.5 cm³/mol. The van der Waals surface area contributed by atoms with Gasteiger partial charge in [0.15, 0.2) is 0 Å². The van der Waals surface area contributed by atoms with Crippen molar-refractivity contribution in [3.8, 4) is 0 Å². The summed E-state index contributed by atoms with van der Waals surface area (Å²) in [4.78, 5) is 9.29. The van der Waals surface area contributed by atoms with E-state index < -0.39 is 13.5 Å². The van der Waals surface area contributed by atoms with Gasteiger partial charge < -0.3 is 15.7 Å². The molecule has 0 amide bonds. The van der Waals surface area contributed by atoms with E-state index in [0.717, 1.165) is 12.8 Å². The zero-order valence-electron chi connectivity index (χ0n) is 7.44. The van der Waals surface area contributed by atoms with Gasteiger partial charge in [0.05, 0.1) is 12.3 Å². The number of hydrogen-bond acceptors (Lipinski definition) is 3. The topological polar surface area (TPSA) is 83.5 Å². The van der Waals surface area contributed by atoms with Crippen LogP contribution in [-0.2, 0) is 4.57 Å². The SMILES string of the molecule is CCCCP(=O)(O)C[C@@H](O)CN. The summed E-state index contributed by atoms with van der Waals surface area (Å²) in [6.45, 7) is 2.01. The molecule has 5 heteroatoms. The van der Waals surface area contributed by atoms with E-state index in [0.29, 0.717) is 6.16 Å². The Morgan fingerprint density at radius 2 is 2.17 bits per heavy atom. The molecule has 0 heterocycles.